The first kappa shape index (κ1) is 14.6. The summed E-state index contributed by atoms with van der Waals surface area (Å²) in [5, 5.41) is 11.0. The largest absolute Gasteiger partial charge is 0.625 e. The van der Waals surface area contributed by atoms with Gasteiger partial charge in [-0.15, -0.1) is 0 Å². The van der Waals surface area contributed by atoms with Crippen molar-refractivity contribution in [1.29, 1.82) is 0 Å². The van der Waals surface area contributed by atoms with Crippen LogP contribution in [0.25, 0.3) is 0 Å². The molecule has 0 aliphatic carbocycles. The molecule has 1 aromatic rings. The van der Waals surface area contributed by atoms with Crippen molar-refractivity contribution in [2.24, 2.45) is 0 Å². The van der Waals surface area contributed by atoms with Gasteiger partial charge in [0.1, 0.15) is 4.90 Å². The van der Waals surface area contributed by atoms with Crippen molar-refractivity contribution in [1.82, 2.24) is 9.44 Å². The van der Waals surface area contributed by atoms with E-state index in [1.165, 1.54) is 5.16 Å². The van der Waals surface area contributed by atoms with Gasteiger partial charge in [0.2, 0.25) is 27.1 Å². The summed E-state index contributed by atoms with van der Waals surface area (Å²) in [6, 6.07) is 0.806. The summed E-state index contributed by atoms with van der Waals surface area (Å²) in [5.74, 6) is -0.409. The molecule has 0 spiro atoms. The highest BCUT2D eigenvalue weighted by molar-refractivity contribution is 7.90. The van der Waals surface area contributed by atoms with E-state index in [-0.39, 0.29) is 0 Å². The Labute approximate surface area is 104 Å². The fourth-order valence-corrected chi connectivity index (χ4v) is 2.67. The van der Waals surface area contributed by atoms with Crippen LogP contribution in [0.15, 0.2) is 20.5 Å². The lowest BCUT2D eigenvalue weighted by Gasteiger charge is -1.97. The molecule has 0 unspecified atom stereocenters. The highest BCUT2D eigenvalue weighted by Gasteiger charge is 2.27. The summed E-state index contributed by atoms with van der Waals surface area (Å²) in [7, 11) is -5.61. The van der Waals surface area contributed by atoms with Gasteiger partial charge in [0, 0.05) is 6.07 Å². The smallest absolute Gasteiger partial charge is 0.273 e. The molecular formula is C7H11N3O6S2. The van der Waals surface area contributed by atoms with Crippen LogP contribution in [0, 0.1) is 5.21 Å². The number of sulfonamides is 2. The van der Waals surface area contributed by atoms with Crippen molar-refractivity contribution in [3.63, 3.8) is 0 Å². The topological polar surface area (TPSA) is 143 Å². The molecule has 1 heterocycles. The first-order valence-corrected chi connectivity index (χ1v) is 7.47. The Balaban J connectivity index is 3.54. The molecule has 1 rings (SSSR count). The Hall–Kier alpha value is -1.43. The van der Waals surface area contributed by atoms with E-state index in [9.17, 15) is 22.0 Å². The van der Waals surface area contributed by atoms with Gasteiger partial charge < -0.3 is 9.62 Å². The maximum Gasteiger partial charge on any atom is 0.273 e. The molecule has 11 heteroatoms. The van der Waals surface area contributed by atoms with Crippen LogP contribution < -0.4 is 14.6 Å². The molecule has 102 valence electrons. The molecule has 18 heavy (non-hydrogen) atoms. The van der Waals surface area contributed by atoms with Crippen molar-refractivity contribution in [2.75, 3.05) is 14.1 Å². The monoisotopic (exact) mass is 297 g/mol. The average Bonchev–Trinajstić information content (AvgIpc) is 2.75. The summed E-state index contributed by atoms with van der Waals surface area (Å²) in [6.07, 6.45) is 0.693. The second-order valence-corrected chi connectivity index (χ2v) is 6.64. The molecule has 3 N–H and O–H groups in total. The van der Waals surface area contributed by atoms with Crippen LogP contribution in [-0.4, -0.2) is 37.1 Å². The van der Waals surface area contributed by atoms with Gasteiger partial charge in [-0.05, 0) is 14.1 Å². The Kier molecular flexibility index (Phi) is 4.11. The van der Waals surface area contributed by atoms with Crippen LogP contribution in [0.3, 0.4) is 0 Å². The van der Waals surface area contributed by atoms with Gasteiger partial charge in [0.05, 0.1) is 0 Å². The van der Waals surface area contributed by atoms with E-state index in [2.05, 4.69) is 0 Å². The zero-order chi connectivity index (χ0) is 14.0. The predicted molar refractivity (Wildman–Crippen MR) is 60.7 cm³/mol. The van der Waals surface area contributed by atoms with E-state index in [1.54, 1.807) is 0 Å². The van der Waals surface area contributed by atoms with Crippen LogP contribution >= 0.6 is 0 Å². The second kappa shape index (κ2) is 5.06. The van der Waals surface area contributed by atoms with Crippen molar-refractivity contribution in [3.05, 3.63) is 17.0 Å². The average molecular weight is 297 g/mol. The van der Waals surface area contributed by atoms with Gasteiger partial charge in [0.15, 0.2) is 0 Å². The number of nitrogens with one attached hydrogen (secondary N) is 3. The Bertz CT molecular complexity index is 657. The summed E-state index contributed by atoms with van der Waals surface area (Å²) < 4.78 is 54.8. The van der Waals surface area contributed by atoms with Gasteiger partial charge in [-0.1, -0.05) is 0 Å². The summed E-state index contributed by atoms with van der Waals surface area (Å²) >= 11 is 0. The molecular weight excluding hydrogens is 286 g/mol. The maximum atomic E-state index is 11.6. The Morgan fingerprint density at radius 3 is 2.22 bits per heavy atom. The van der Waals surface area contributed by atoms with Crippen molar-refractivity contribution in [2.45, 2.75) is 9.99 Å². The lowest BCUT2D eigenvalue weighted by Crippen LogP contribution is -2.60. The minimum absolute atomic E-state index is 0.409. The molecule has 1 aromatic heterocycles. The SMILES string of the molecule is CNS(=O)(=O)c1cc(S(=O)(=O)NC)c(C=[NH+][O-])o1. The first-order chi connectivity index (χ1) is 8.28. The van der Waals surface area contributed by atoms with Crippen LogP contribution in [0.5, 0.6) is 0 Å². The first-order valence-electron chi connectivity index (χ1n) is 4.50. The van der Waals surface area contributed by atoms with Gasteiger partial charge in [-0.2, -0.15) is 0 Å². The van der Waals surface area contributed by atoms with E-state index in [0.717, 1.165) is 20.2 Å². The molecule has 0 bridgehead atoms. The third-order valence-electron chi connectivity index (χ3n) is 1.98. The molecule has 9 nitrogen and oxygen atoms in total. The molecule has 0 aromatic carbocycles. The third kappa shape index (κ3) is 2.69. The molecule has 0 radical (unpaired) electrons. The van der Waals surface area contributed by atoms with E-state index < -0.39 is 35.8 Å². The molecule has 0 aliphatic heterocycles. The maximum absolute atomic E-state index is 11.6. The fraction of sp³-hybridized carbons (Fsp3) is 0.286. The lowest BCUT2D eigenvalue weighted by atomic mass is 10.5. The van der Waals surface area contributed by atoms with Gasteiger partial charge >= 0.3 is 0 Å². The summed E-state index contributed by atoms with van der Waals surface area (Å²) in [6.45, 7) is 0. The fourth-order valence-electron chi connectivity index (χ4n) is 1.07. The lowest BCUT2D eigenvalue weighted by molar-refractivity contribution is -0.367. The van der Waals surface area contributed by atoms with Crippen LogP contribution in [0.1, 0.15) is 5.76 Å². The third-order valence-corrected chi connectivity index (χ3v) is 4.69. The van der Waals surface area contributed by atoms with E-state index in [4.69, 9.17) is 4.42 Å². The van der Waals surface area contributed by atoms with Crippen molar-refractivity contribution >= 4 is 26.3 Å². The number of hydrogen-bond acceptors (Lipinski definition) is 6. The molecule has 0 saturated heterocycles. The normalized spacial score (nSPS) is 13.2. The minimum Gasteiger partial charge on any atom is -0.625 e. The zero-order valence-electron chi connectivity index (χ0n) is 9.42. The number of hydrogen-bond donors (Lipinski definition) is 3. The highest BCUT2D eigenvalue weighted by Crippen LogP contribution is 2.21. The molecule has 0 amide bonds. The molecule has 0 fully saturated rings. The molecule has 0 atom stereocenters. The van der Waals surface area contributed by atoms with Gasteiger partial charge in [-0.3, -0.25) is 0 Å². The van der Waals surface area contributed by atoms with Crippen molar-refractivity contribution in [3.8, 4) is 0 Å². The van der Waals surface area contributed by atoms with E-state index in [1.807, 2.05) is 9.44 Å². The van der Waals surface area contributed by atoms with E-state index in [0.29, 0.717) is 6.21 Å². The summed E-state index contributed by atoms with van der Waals surface area (Å²) in [4.78, 5) is -0.456. The van der Waals surface area contributed by atoms with E-state index >= 15 is 0 Å². The Morgan fingerprint density at radius 1 is 1.22 bits per heavy atom. The van der Waals surface area contributed by atoms with Gasteiger partial charge in [-0.25, -0.2) is 31.4 Å². The predicted octanol–water partition coefficient (Wildman–Crippen LogP) is -2.91. The Morgan fingerprint density at radius 2 is 1.78 bits per heavy atom. The number of rotatable bonds is 5. The number of furan rings is 1. The minimum atomic E-state index is -3.95. The second-order valence-electron chi connectivity index (χ2n) is 2.97. The molecule has 0 saturated carbocycles. The van der Waals surface area contributed by atoms with Gasteiger partial charge in [0.25, 0.3) is 10.0 Å². The zero-order valence-corrected chi connectivity index (χ0v) is 11.1. The van der Waals surface area contributed by atoms with Crippen LogP contribution in [0.4, 0.5) is 0 Å². The highest BCUT2D eigenvalue weighted by atomic mass is 32.2. The summed E-state index contributed by atoms with van der Waals surface area (Å²) in [5.41, 5.74) is 0. The quantitative estimate of drug-likeness (QED) is 0.302. The van der Waals surface area contributed by atoms with Crippen LogP contribution in [-0.2, 0) is 20.0 Å². The van der Waals surface area contributed by atoms with Crippen molar-refractivity contribution < 1.29 is 26.4 Å². The van der Waals surface area contributed by atoms with Crippen LogP contribution in [0.2, 0.25) is 0 Å². The standard InChI is InChI=1S/C7H11N3O6S2/c1-8-17(12,13)6-3-7(18(14,15)9-2)16-5(6)4-10-11/h3-4,8-10H,1-2H3. The molecule has 0 aliphatic rings.